The summed E-state index contributed by atoms with van der Waals surface area (Å²) in [4.78, 5) is 17.6. The predicted octanol–water partition coefficient (Wildman–Crippen LogP) is 5.25. The number of carbonyl (C=O) groups is 1. The zero-order valence-electron chi connectivity index (χ0n) is 17.4. The first-order valence-electron chi connectivity index (χ1n) is 9.32. The number of nitrogens with one attached hydrogen (secondary N) is 2. The Morgan fingerprint density at radius 2 is 2.17 bits per heavy atom. The molecular weight excluding hydrogens is 446 g/mol. The first-order chi connectivity index (χ1) is 14.1. The number of fused-ring (bicyclic) bond motifs is 1. The summed E-state index contributed by atoms with van der Waals surface area (Å²) < 4.78 is 26.6. The van der Waals surface area contributed by atoms with Crippen molar-refractivity contribution < 1.29 is 18.2 Å². The molecule has 30 heavy (non-hydrogen) atoms. The molecule has 0 aromatic carbocycles. The molecule has 3 heterocycles. The number of carbonyl (C=O) groups excluding carboxylic acids is 1. The molecule has 162 valence electrons. The van der Waals surface area contributed by atoms with Crippen molar-refractivity contribution in [2.45, 2.75) is 52.0 Å². The lowest BCUT2D eigenvalue weighted by atomic mass is 10.1. The number of rotatable bonds is 6. The van der Waals surface area contributed by atoms with Gasteiger partial charge < -0.3 is 14.5 Å². The Labute approximate surface area is 186 Å². The minimum absolute atomic E-state index is 0.177. The summed E-state index contributed by atoms with van der Waals surface area (Å²) in [5.74, 6) is 0.941. The fourth-order valence-electron chi connectivity index (χ4n) is 2.72. The number of amides is 1. The predicted molar refractivity (Wildman–Crippen MR) is 120 cm³/mol. The maximum absolute atomic E-state index is 12.5. The van der Waals surface area contributed by atoms with Gasteiger partial charge in [-0.25, -0.2) is 18.7 Å². The fraction of sp³-hybridized carbons (Fsp3) is 0.400. The first-order valence-corrected chi connectivity index (χ1v) is 11.7. The van der Waals surface area contributed by atoms with Crippen molar-refractivity contribution in [3.05, 3.63) is 45.8 Å². The van der Waals surface area contributed by atoms with Gasteiger partial charge in [-0.15, -0.1) is 11.3 Å². The molecule has 0 saturated heterocycles. The van der Waals surface area contributed by atoms with Gasteiger partial charge in [0, 0.05) is 10.9 Å². The zero-order valence-corrected chi connectivity index (χ0v) is 19.8. The number of hydrogen-bond donors (Lipinski definition) is 2. The highest BCUT2D eigenvalue weighted by atomic mass is 35.5. The van der Waals surface area contributed by atoms with Crippen molar-refractivity contribution in [1.82, 2.24) is 15.0 Å². The highest BCUT2D eigenvalue weighted by Crippen LogP contribution is 2.40. The largest absolute Gasteiger partial charge is 0.467 e. The van der Waals surface area contributed by atoms with Gasteiger partial charge in [0.2, 0.25) is 0 Å². The van der Waals surface area contributed by atoms with Crippen molar-refractivity contribution in [2.75, 3.05) is 0 Å². The van der Waals surface area contributed by atoms with Crippen LogP contribution in [0.25, 0.3) is 10.2 Å². The second kappa shape index (κ2) is 9.05. The van der Waals surface area contributed by atoms with Gasteiger partial charge in [0.15, 0.2) is 5.75 Å². The van der Waals surface area contributed by atoms with Gasteiger partial charge in [0.25, 0.3) is 0 Å². The molecule has 0 saturated carbocycles. The Balaban J connectivity index is 1.84. The van der Waals surface area contributed by atoms with E-state index in [2.05, 4.69) is 15.0 Å². The maximum Gasteiger partial charge on any atom is 0.413 e. The molecule has 3 aromatic heterocycles. The van der Waals surface area contributed by atoms with Crippen LogP contribution in [0.15, 0.2) is 28.9 Å². The third kappa shape index (κ3) is 5.21. The summed E-state index contributed by atoms with van der Waals surface area (Å²) >= 11 is 7.61. The van der Waals surface area contributed by atoms with Crippen LogP contribution in [0.1, 0.15) is 49.9 Å². The van der Waals surface area contributed by atoms with Gasteiger partial charge >= 0.3 is 6.09 Å². The van der Waals surface area contributed by atoms with Crippen LogP contribution in [-0.2, 0) is 17.5 Å². The monoisotopic (exact) mass is 469 g/mol. The fourth-order valence-corrected chi connectivity index (χ4v) is 4.98. The summed E-state index contributed by atoms with van der Waals surface area (Å²) in [6.07, 6.45) is 0.911. The molecule has 7 nitrogen and oxygen atoms in total. The summed E-state index contributed by atoms with van der Waals surface area (Å²) in [5, 5.41) is 2.86. The number of ether oxygens (including phenoxy) is 1. The van der Waals surface area contributed by atoms with Crippen molar-refractivity contribution in [2.24, 2.45) is 0 Å². The molecule has 0 aliphatic rings. The van der Waals surface area contributed by atoms with E-state index in [0.29, 0.717) is 21.7 Å². The number of nitrogens with zero attached hydrogens (tertiary/aromatic N) is 1. The lowest BCUT2D eigenvalue weighted by molar-refractivity contribution is 0.199. The van der Waals surface area contributed by atoms with Crippen LogP contribution < -0.4 is 14.8 Å². The van der Waals surface area contributed by atoms with Crippen molar-refractivity contribution >= 4 is 50.2 Å². The minimum atomic E-state index is -1.23. The highest BCUT2D eigenvalue weighted by Gasteiger charge is 2.25. The van der Waals surface area contributed by atoms with E-state index in [1.807, 2.05) is 34.6 Å². The summed E-state index contributed by atoms with van der Waals surface area (Å²) in [7, 11) is -1.23. The Morgan fingerprint density at radius 1 is 1.43 bits per heavy atom. The number of thiophene rings is 1. The number of furan rings is 1. The Hall–Kier alpha value is -1.94. The van der Waals surface area contributed by atoms with E-state index in [-0.39, 0.29) is 22.5 Å². The third-order valence-corrected chi connectivity index (χ3v) is 7.62. The lowest BCUT2D eigenvalue weighted by Crippen LogP contribution is -2.34. The highest BCUT2D eigenvalue weighted by molar-refractivity contribution is 7.84. The molecule has 1 amide bonds. The van der Waals surface area contributed by atoms with Crippen LogP contribution in [0.4, 0.5) is 4.79 Å². The minimum Gasteiger partial charge on any atom is -0.467 e. The number of hydrogen-bond acceptors (Lipinski definition) is 6. The van der Waals surface area contributed by atoms with E-state index >= 15 is 0 Å². The van der Waals surface area contributed by atoms with Crippen molar-refractivity contribution in [3.63, 3.8) is 0 Å². The Morgan fingerprint density at radius 3 is 2.80 bits per heavy atom. The second-order valence-electron chi connectivity index (χ2n) is 7.76. The normalized spacial score (nSPS) is 13.9. The van der Waals surface area contributed by atoms with Crippen LogP contribution in [0.2, 0.25) is 5.15 Å². The van der Waals surface area contributed by atoms with Gasteiger partial charge in [-0.05, 0) is 52.3 Å². The summed E-state index contributed by atoms with van der Waals surface area (Å²) in [6.45, 7) is 9.82. The molecule has 0 radical (unpaired) electrons. The van der Waals surface area contributed by atoms with Crippen LogP contribution in [0.5, 0.6) is 5.75 Å². The van der Waals surface area contributed by atoms with Gasteiger partial charge in [-0.2, -0.15) is 0 Å². The van der Waals surface area contributed by atoms with E-state index in [0.717, 1.165) is 10.4 Å². The number of aryl methyl sites for hydroxylation is 1. The van der Waals surface area contributed by atoms with Gasteiger partial charge in [-0.3, -0.25) is 0 Å². The number of pyridine rings is 1. The molecule has 0 aliphatic heterocycles. The van der Waals surface area contributed by atoms with E-state index in [4.69, 9.17) is 20.8 Å². The quantitative estimate of drug-likeness (QED) is 0.481. The topological polar surface area (TPSA) is 93.5 Å². The molecule has 10 heteroatoms. The molecule has 0 spiro atoms. The molecule has 3 rings (SSSR count). The zero-order chi connectivity index (χ0) is 22.1. The molecule has 2 atom stereocenters. The number of aromatic nitrogens is 1. The molecular formula is C20H24ClN3O4S2. The molecule has 3 aromatic rings. The molecule has 0 fully saturated rings. The average Bonchev–Trinajstić information content (AvgIpc) is 3.28. The lowest BCUT2D eigenvalue weighted by Gasteiger charge is -2.21. The molecule has 0 unspecified atom stereocenters. The van der Waals surface area contributed by atoms with Crippen molar-refractivity contribution in [3.8, 4) is 5.75 Å². The van der Waals surface area contributed by atoms with E-state index in [9.17, 15) is 9.00 Å². The van der Waals surface area contributed by atoms with Crippen LogP contribution in [-0.4, -0.2) is 20.0 Å². The van der Waals surface area contributed by atoms with E-state index < -0.39 is 17.1 Å². The Kier molecular flexibility index (Phi) is 6.86. The molecule has 0 bridgehead atoms. The van der Waals surface area contributed by atoms with E-state index in [1.54, 1.807) is 12.1 Å². The summed E-state index contributed by atoms with van der Waals surface area (Å²) in [6, 6.07) is 4.84. The smallest absolute Gasteiger partial charge is 0.413 e. The van der Waals surface area contributed by atoms with Crippen molar-refractivity contribution in [1.29, 1.82) is 0 Å². The second-order valence-corrected chi connectivity index (χ2v) is 11.2. The van der Waals surface area contributed by atoms with Crippen LogP contribution >= 0.6 is 22.9 Å². The average molecular weight is 470 g/mol. The van der Waals surface area contributed by atoms with Crippen LogP contribution in [0.3, 0.4) is 0 Å². The first kappa shape index (κ1) is 22.7. The summed E-state index contributed by atoms with van der Waals surface area (Å²) in [5.41, 5.74) is 1.57. The van der Waals surface area contributed by atoms with Gasteiger partial charge in [0.1, 0.15) is 10.9 Å². The standard InChI is InChI=1S/C20H24ClN3O4S2/c1-11-16-18(29-17(11)12(2)24-30(26)20(3,4)5)14(9-15(21)23-16)28-19(25)22-10-13-7-6-8-27-13/h6-9,12,24H,10H2,1-5H3,(H,22,25)/t12-,30-/m1/s1. The molecule has 2 N–H and O–H groups in total. The number of halogens is 1. The maximum atomic E-state index is 12.5. The third-order valence-electron chi connectivity index (χ3n) is 4.27. The Bertz CT molecular complexity index is 1070. The molecule has 0 aliphatic carbocycles. The van der Waals surface area contributed by atoms with Gasteiger partial charge in [0.05, 0.1) is 44.8 Å². The van der Waals surface area contributed by atoms with Gasteiger partial charge in [-0.1, -0.05) is 11.6 Å². The SMILES string of the molecule is Cc1c([C@@H](C)N[S@](=O)C(C)(C)C)sc2c(OC(=O)NCc3ccco3)cc(Cl)nc12. The van der Waals surface area contributed by atoms with E-state index in [1.165, 1.54) is 23.7 Å². The van der Waals surface area contributed by atoms with Crippen LogP contribution in [0, 0.1) is 6.92 Å².